The van der Waals surface area contributed by atoms with Gasteiger partial charge in [0, 0.05) is 32.0 Å². The van der Waals surface area contributed by atoms with Crippen LogP contribution in [-0.2, 0) is 6.54 Å². The summed E-state index contributed by atoms with van der Waals surface area (Å²) in [6.07, 6.45) is 6.34. The zero-order valence-corrected chi connectivity index (χ0v) is 12.5. The highest BCUT2D eigenvalue weighted by Gasteiger charge is 2.19. The lowest BCUT2D eigenvalue weighted by molar-refractivity contribution is 0.253. The van der Waals surface area contributed by atoms with E-state index in [0.717, 1.165) is 25.6 Å². The van der Waals surface area contributed by atoms with E-state index in [1.54, 1.807) is 0 Å². The van der Waals surface area contributed by atoms with E-state index in [0.29, 0.717) is 0 Å². The number of hydrogen-bond donors (Lipinski definition) is 1. The van der Waals surface area contributed by atoms with E-state index < -0.39 is 0 Å². The molecule has 0 saturated carbocycles. The number of nitrogens with zero attached hydrogens (tertiary/aromatic N) is 3. The Bertz CT molecular complexity index is 341. The van der Waals surface area contributed by atoms with E-state index in [9.17, 15) is 0 Å². The van der Waals surface area contributed by atoms with Gasteiger partial charge in [-0.2, -0.15) is 0 Å². The van der Waals surface area contributed by atoms with E-state index >= 15 is 0 Å². The van der Waals surface area contributed by atoms with E-state index in [2.05, 4.69) is 60.8 Å². The molecular formula is C14H28N4. The lowest BCUT2D eigenvalue weighted by atomic mass is 9.93. The van der Waals surface area contributed by atoms with Crippen LogP contribution in [0.4, 0.5) is 5.95 Å². The van der Waals surface area contributed by atoms with Crippen LogP contribution in [0.2, 0.25) is 0 Å². The summed E-state index contributed by atoms with van der Waals surface area (Å²) in [4.78, 5) is 6.62. The van der Waals surface area contributed by atoms with Gasteiger partial charge in [-0.05, 0) is 25.9 Å². The van der Waals surface area contributed by atoms with Crippen LogP contribution in [-0.4, -0.2) is 41.6 Å². The van der Waals surface area contributed by atoms with Crippen molar-refractivity contribution in [1.82, 2.24) is 14.5 Å². The zero-order chi connectivity index (χ0) is 13.6. The molecule has 0 amide bonds. The average molecular weight is 252 g/mol. The quantitative estimate of drug-likeness (QED) is 0.772. The van der Waals surface area contributed by atoms with Gasteiger partial charge in [-0.25, -0.2) is 4.98 Å². The molecule has 0 unspecified atom stereocenters. The maximum Gasteiger partial charge on any atom is 0.202 e. The van der Waals surface area contributed by atoms with Gasteiger partial charge in [0.15, 0.2) is 0 Å². The van der Waals surface area contributed by atoms with Gasteiger partial charge in [0.05, 0.1) is 0 Å². The van der Waals surface area contributed by atoms with Crippen molar-refractivity contribution in [1.29, 1.82) is 0 Å². The third kappa shape index (κ3) is 5.08. The summed E-state index contributed by atoms with van der Waals surface area (Å²) in [5.41, 5.74) is 0.241. The smallest absolute Gasteiger partial charge is 0.202 e. The summed E-state index contributed by atoms with van der Waals surface area (Å²) in [7, 11) is 4.23. The number of aromatic nitrogens is 2. The molecule has 0 aromatic carbocycles. The number of hydrogen-bond acceptors (Lipinski definition) is 3. The number of unbranched alkanes of at least 4 members (excludes halogenated alkanes) is 1. The Kier molecular flexibility index (Phi) is 5.66. The van der Waals surface area contributed by atoms with Crippen molar-refractivity contribution >= 4 is 5.95 Å². The van der Waals surface area contributed by atoms with Crippen molar-refractivity contribution in [3.8, 4) is 0 Å². The molecule has 0 fully saturated rings. The van der Waals surface area contributed by atoms with Gasteiger partial charge < -0.3 is 14.8 Å². The Labute approximate surface area is 111 Å². The minimum Gasteiger partial charge on any atom is -0.355 e. The molecule has 0 aliphatic heterocycles. The summed E-state index contributed by atoms with van der Waals surface area (Å²) in [6.45, 7) is 9.82. The predicted octanol–water partition coefficient (Wildman–Crippen LogP) is 2.68. The number of nitrogens with one attached hydrogen (secondary N) is 1. The Hall–Kier alpha value is -1.03. The molecule has 0 bridgehead atoms. The Morgan fingerprint density at radius 3 is 2.72 bits per heavy atom. The molecule has 4 heteroatoms. The minimum absolute atomic E-state index is 0.241. The SMILES string of the molecule is CCCCn1ccnc1NCC(C)(C)CN(C)C. The van der Waals surface area contributed by atoms with Gasteiger partial charge in [-0.3, -0.25) is 0 Å². The molecule has 0 radical (unpaired) electrons. The van der Waals surface area contributed by atoms with E-state index in [1.807, 2.05) is 6.20 Å². The molecule has 1 rings (SSSR count). The molecular weight excluding hydrogens is 224 g/mol. The van der Waals surface area contributed by atoms with Crippen molar-refractivity contribution in [2.75, 3.05) is 32.5 Å². The standard InChI is InChI=1S/C14H28N4/c1-6-7-9-18-10-8-15-13(18)16-11-14(2,3)12-17(4)5/h8,10H,6-7,9,11-12H2,1-5H3,(H,15,16). The summed E-state index contributed by atoms with van der Waals surface area (Å²) >= 11 is 0. The minimum atomic E-state index is 0.241. The monoisotopic (exact) mass is 252 g/mol. The molecule has 18 heavy (non-hydrogen) atoms. The van der Waals surface area contributed by atoms with Crippen molar-refractivity contribution in [3.63, 3.8) is 0 Å². The molecule has 1 aromatic heterocycles. The van der Waals surface area contributed by atoms with E-state index in [4.69, 9.17) is 0 Å². The Balaban J connectivity index is 2.50. The third-order valence-electron chi connectivity index (χ3n) is 2.94. The molecule has 4 nitrogen and oxygen atoms in total. The van der Waals surface area contributed by atoms with E-state index in [-0.39, 0.29) is 5.41 Å². The van der Waals surface area contributed by atoms with Gasteiger partial charge in [0.25, 0.3) is 0 Å². The first-order valence-corrected chi connectivity index (χ1v) is 6.84. The van der Waals surface area contributed by atoms with Crippen LogP contribution in [0.3, 0.4) is 0 Å². The highest BCUT2D eigenvalue weighted by Crippen LogP contribution is 2.17. The first-order chi connectivity index (χ1) is 8.44. The van der Waals surface area contributed by atoms with Gasteiger partial charge in [0.2, 0.25) is 5.95 Å². The van der Waals surface area contributed by atoms with Crippen LogP contribution in [0, 0.1) is 5.41 Å². The van der Waals surface area contributed by atoms with Gasteiger partial charge >= 0.3 is 0 Å². The lowest BCUT2D eigenvalue weighted by Crippen LogP contribution is -2.34. The maximum atomic E-state index is 4.39. The Morgan fingerprint density at radius 2 is 2.11 bits per heavy atom. The molecule has 1 N–H and O–H groups in total. The number of imidazole rings is 1. The molecule has 0 aliphatic rings. The topological polar surface area (TPSA) is 33.1 Å². The molecule has 0 spiro atoms. The van der Waals surface area contributed by atoms with Crippen molar-refractivity contribution < 1.29 is 0 Å². The Morgan fingerprint density at radius 1 is 1.39 bits per heavy atom. The molecule has 1 aromatic rings. The van der Waals surface area contributed by atoms with Crippen molar-refractivity contribution in [2.24, 2.45) is 5.41 Å². The predicted molar refractivity (Wildman–Crippen MR) is 78.0 cm³/mol. The van der Waals surface area contributed by atoms with Crippen LogP contribution in [0.1, 0.15) is 33.6 Å². The average Bonchev–Trinajstić information content (AvgIpc) is 2.69. The molecule has 0 aliphatic carbocycles. The van der Waals surface area contributed by atoms with Crippen LogP contribution >= 0.6 is 0 Å². The maximum absolute atomic E-state index is 4.39. The second-order valence-corrected chi connectivity index (χ2v) is 6.05. The molecule has 0 saturated heterocycles. The second-order valence-electron chi connectivity index (χ2n) is 6.05. The van der Waals surface area contributed by atoms with Gasteiger partial charge in [-0.1, -0.05) is 27.2 Å². The molecule has 0 atom stereocenters. The molecule has 1 heterocycles. The highest BCUT2D eigenvalue weighted by molar-refractivity contribution is 5.26. The summed E-state index contributed by atoms with van der Waals surface area (Å²) < 4.78 is 2.20. The number of rotatable bonds is 8. The summed E-state index contributed by atoms with van der Waals surface area (Å²) in [5, 5.41) is 3.47. The van der Waals surface area contributed by atoms with Crippen molar-refractivity contribution in [3.05, 3.63) is 12.4 Å². The summed E-state index contributed by atoms with van der Waals surface area (Å²) in [6, 6.07) is 0. The van der Waals surface area contributed by atoms with Gasteiger partial charge in [0.1, 0.15) is 0 Å². The van der Waals surface area contributed by atoms with E-state index in [1.165, 1.54) is 12.8 Å². The number of aryl methyl sites for hydroxylation is 1. The first kappa shape index (κ1) is 15.0. The lowest BCUT2D eigenvalue weighted by Gasteiger charge is -2.28. The normalized spacial score (nSPS) is 12.1. The van der Waals surface area contributed by atoms with Crippen LogP contribution in [0.15, 0.2) is 12.4 Å². The zero-order valence-electron chi connectivity index (χ0n) is 12.5. The van der Waals surface area contributed by atoms with Crippen molar-refractivity contribution in [2.45, 2.75) is 40.2 Å². The highest BCUT2D eigenvalue weighted by atomic mass is 15.2. The fourth-order valence-corrected chi connectivity index (χ4v) is 2.22. The first-order valence-electron chi connectivity index (χ1n) is 6.84. The summed E-state index contributed by atoms with van der Waals surface area (Å²) in [5.74, 6) is 0.996. The largest absolute Gasteiger partial charge is 0.355 e. The third-order valence-corrected chi connectivity index (χ3v) is 2.94. The second kappa shape index (κ2) is 6.78. The van der Waals surface area contributed by atoms with Gasteiger partial charge in [-0.15, -0.1) is 0 Å². The molecule has 104 valence electrons. The number of anilines is 1. The fraction of sp³-hybridized carbons (Fsp3) is 0.786. The van der Waals surface area contributed by atoms with Crippen LogP contribution < -0.4 is 5.32 Å². The fourth-order valence-electron chi connectivity index (χ4n) is 2.22. The van der Waals surface area contributed by atoms with Crippen LogP contribution in [0.5, 0.6) is 0 Å². The van der Waals surface area contributed by atoms with Crippen LogP contribution in [0.25, 0.3) is 0 Å².